The van der Waals surface area contributed by atoms with E-state index in [4.69, 9.17) is 17.3 Å². The molecule has 0 atom stereocenters. The fourth-order valence-corrected chi connectivity index (χ4v) is 2.97. The first-order valence-electron chi connectivity index (χ1n) is 5.62. The fraction of sp³-hybridized carbons (Fsp3) is 0.417. The summed E-state index contributed by atoms with van der Waals surface area (Å²) in [7, 11) is 0. The number of nitrogens with two attached hydrogens (primary N) is 1. The molecule has 1 saturated heterocycles. The summed E-state index contributed by atoms with van der Waals surface area (Å²) < 4.78 is 0. The Hall–Kier alpha value is -0.870. The third kappa shape index (κ3) is 3.30. The zero-order valence-electron chi connectivity index (χ0n) is 9.49. The number of nitrogens with zero attached hydrogens (tertiary/aromatic N) is 1. The van der Waals surface area contributed by atoms with E-state index in [-0.39, 0.29) is 5.91 Å². The van der Waals surface area contributed by atoms with E-state index >= 15 is 0 Å². The lowest BCUT2D eigenvalue weighted by atomic mass is 10.3. The molecule has 17 heavy (non-hydrogen) atoms. The van der Waals surface area contributed by atoms with E-state index in [0.717, 1.165) is 30.8 Å². The first-order valence-corrected chi connectivity index (χ1v) is 6.99. The molecule has 5 heteroatoms. The fourth-order valence-electron chi connectivity index (χ4n) is 1.83. The van der Waals surface area contributed by atoms with E-state index in [9.17, 15) is 4.79 Å². The number of anilines is 1. The van der Waals surface area contributed by atoms with Crippen LogP contribution in [0.2, 0.25) is 5.02 Å². The number of nitrogen functional groups attached to an aromatic ring is 1. The summed E-state index contributed by atoms with van der Waals surface area (Å²) >= 11 is 7.35. The Morgan fingerprint density at radius 2 is 2.12 bits per heavy atom. The van der Waals surface area contributed by atoms with Gasteiger partial charge in [0.25, 0.3) is 0 Å². The van der Waals surface area contributed by atoms with Crippen LogP contribution in [0.5, 0.6) is 0 Å². The van der Waals surface area contributed by atoms with Crippen molar-refractivity contribution in [3.8, 4) is 0 Å². The number of halogens is 1. The number of hydrogen-bond acceptors (Lipinski definition) is 3. The van der Waals surface area contributed by atoms with Crippen LogP contribution in [0, 0.1) is 0 Å². The van der Waals surface area contributed by atoms with Gasteiger partial charge in [0.2, 0.25) is 5.91 Å². The van der Waals surface area contributed by atoms with Gasteiger partial charge in [-0.2, -0.15) is 0 Å². The number of amides is 1. The molecular weight excluding hydrogens is 256 g/mol. The van der Waals surface area contributed by atoms with Crippen LogP contribution in [-0.4, -0.2) is 29.6 Å². The largest absolute Gasteiger partial charge is 0.398 e. The molecule has 0 saturated carbocycles. The van der Waals surface area contributed by atoms with Crippen LogP contribution in [0.15, 0.2) is 23.1 Å². The van der Waals surface area contributed by atoms with E-state index in [1.165, 1.54) is 11.8 Å². The summed E-state index contributed by atoms with van der Waals surface area (Å²) in [5.74, 6) is 0.622. The van der Waals surface area contributed by atoms with Crippen LogP contribution in [-0.2, 0) is 4.79 Å². The third-order valence-corrected chi connectivity index (χ3v) is 4.08. The van der Waals surface area contributed by atoms with Crippen molar-refractivity contribution in [2.75, 3.05) is 24.6 Å². The Labute approximate surface area is 110 Å². The van der Waals surface area contributed by atoms with Crippen LogP contribution in [0.1, 0.15) is 12.8 Å². The highest BCUT2D eigenvalue weighted by atomic mass is 35.5. The number of likely N-dealkylation sites (tertiary alicyclic amines) is 1. The molecule has 0 spiro atoms. The van der Waals surface area contributed by atoms with Crippen LogP contribution < -0.4 is 5.73 Å². The Bertz CT molecular complexity index is 419. The first kappa shape index (κ1) is 12.6. The van der Waals surface area contributed by atoms with E-state index in [0.29, 0.717) is 16.5 Å². The average molecular weight is 271 g/mol. The molecule has 1 aromatic rings. The van der Waals surface area contributed by atoms with Gasteiger partial charge < -0.3 is 10.6 Å². The molecule has 0 unspecified atom stereocenters. The van der Waals surface area contributed by atoms with E-state index in [2.05, 4.69) is 0 Å². The summed E-state index contributed by atoms with van der Waals surface area (Å²) in [6, 6.07) is 5.33. The summed E-state index contributed by atoms with van der Waals surface area (Å²) in [5.41, 5.74) is 6.50. The lowest BCUT2D eigenvalue weighted by Crippen LogP contribution is -2.29. The van der Waals surface area contributed by atoms with E-state index in [1.54, 1.807) is 18.2 Å². The normalized spacial score (nSPS) is 15.2. The minimum absolute atomic E-state index is 0.187. The molecule has 92 valence electrons. The molecule has 2 rings (SSSR count). The lowest BCUT2D eigenvalue weighted by Gasteiger charge is -2.15. The highest BCUT2D eigenvalue weighted by molar-refractivity contribution is 8.00. The number of thioether (sulfide) groups is 1. The smallest absolute Gasteiger partial charge is 0.232 e. The maximum atomic E-state index is 11.8. The van der Waals surface area contributed by atoms with Gasteiger partial charge in [-0.25, -0.2) is 0 Å². The number of rotatable bonds is 3. The van der Waals surface area contributed by atoms with Crippen LogP contribution >= 0.6 is 23.4 Å². The predicted octanol–water partition coefficient (Wildman–Crippen LogP) is 2.64. The molecule has 1 aromatic carbocycles. The van der Waals surface area contributed by atoms with Crippen molar-refractivity contribution in [3.63, 3.8) is 0 Å². The zero-order valence-corrected chi connectivity index (χ0v) is 11.1. The molecule has 1 aliphatic rings. The van der Waals surface area contributed by atoms with Crippen molar-refractivity contribution in [2.45, 2.75) is 17.7 Å². The molecule has 1 aliphatic heterocycles. The third-order valence-electron chi connectivity index (χ3n) is 2.79. The van der Waals surface area contributed by atoms with Gasteiger partial charge in [-0.3, -0.25) is 4.79 Å². The van der Waals surface area contributed by atoms with Crippen LogP contribution in [0.25, 0.3) is 0 Å². The van der Waals surface area contributed by atoms with E-state index < -0.39 is 0 Å². The Morgan fingerprint density at radius 3 is 2.82 bits per heavy atom. The Balaban J connectivity index is 1.92. The molecule has 1 fully saturated rings. The average Bonchev–Trinajstić information content (AvgIpc) is 2.83. The van der Waals surface area contributed by atoms with Crippen LogP contribution in [0.3, 0.4) is 0 Å². The molecule has 3 nitrogen and oxygen atoms in total. The van der Waals surface area contributed by atoms with Gasteiger partial charge in [0.05, 0.1) is 5.75 Å². The second-order valence-corrected chi connectivity index (χ2v) is 5.51. The maximum absolute atomic E-state index is 11.8. The molecular formula is C12H15ClN2OS. The molecule has 0 bridgehead atoms. The number of hydrogen-bond donors (Lipinski definition) is 1. The lowest BCUT2D eigenvalue weighted by molar-refractivity contribution is -0.127. The van der Waals surface area contributed by atoms with Gasteiger partial charge >= 0.3 is 0 Å². The quantitative estimate of drug-likeness (QED) is 0.678. The molecule has 1 amide bonds. The van der Waals surface area contributed by atoms with Gasteiger partial charge in [-0.15, -0.1) is 11.8 Å². The molecule has 0 radical (unpaired) electrons. The summed E-state index contributed by atoms with van der Waals surface area (Å²) in [4.78, 5) is 14.6. The SMILES string of the molecule is Nc1ccc(Cl)cc1SCC(=O)N1CCCC1. The first-order chi connectivity index (χ1) is 8.16. The highest BCUT2D eigenvalue weighted by Gasteiger charge is 2.18. The second-order valence-electron chi connectivity index (χ2n) is 4.06. The summed E-state index contributed by atoms with van der Waals surface area (Å²) in [6.45, 7) is 1.79. The van der Waals surface area contributed by atoms with Crippen molar-refractivity contribution < 1.29 is 4.79 Å². The second kappa shape index (κ2) is 5.65. The monoisotopic (exact) mass is 270 g/mol. The van der Waals surface area contributed by atoms with Crippen molar-refractivity contribution in [3.05, 3.63) is 23.2 Å². The van der Waals surface area contributed by atoms with Gasteiger partial charge in [0.15, 0.2) is 0 Å². The number of benzene rings is 1. The molecule has 0 aliphatic carbocycles. The molecule has 1 heterocycles. The van der Waals surface area contributed by atoms with Crippen molar-refractivity contribution in [2.24, 2.45) is 0 Å². The van der Waals surface area contributed by atoms with Gasteiger partial charge in [-0.05, 0) is 31.0 Å². The number of carbonyl (C=O) groups is 1. The Morgan fingerprint density at radius 1 is 1.41 bits per heavy atom. The standard InChI is InChI=1S/C12H15ClN2OS/c13-9-3-4-10(14)11(7-9)17-8-12(16)15-5-1-2-6-15/h3-4,7H,1-2,5-6,8,14H2. The number of carbonyl (C=O) groups excluding carboxylic acids is 1. The minimum Gasteiger partial charge on any atom is -0.398 e. The van der Waals surface area contributed by atoms with Gasteiger partial charge in [-0.1, -0.05) is 11.6 Å². The van der Waals surface area contributed by atoms with Gasteiger partial charge in [0.1, 0.15) is 0 Å². The van der Waals surface area contributed by atoms with Crippen molar-refractivity contribution in [1.82, 2.24) is 4.90 Å². The molecule has 0 aromatic heterocycles. The topological polar surface area (TPSA) is 46.3 Å². The predicted molar refractivity (Wildman–Crippen MR) is 72.4 cm³/mol. The highest BCUT2D eigenvalue weighted by Crippen LogP contribution is 2.28. The van der Waals surface area contributed by atoms with Crippen molar-refractivity contribution in [1.29, 1.82) is 0 Å². The van der Waals surface area contributed by atoms with Crippen LogP contribution in [0.4, 0.5) is 5.69 Å². The Kier molecular flexibility index (Phi) is 4.18. The van der Waals surface area contributed by atoms with E-state index in [1.807, 2.05) is 4.90 Å². The minimum atomic E-state index is 0.187. The van der Waals surface area contributed by atoms with Gasteiger partial charge in [0, 0.05) is 28.7 Å². The summed E-state index contributed by atoms with van der Waals surface area (Å²) in [5, 5.41) is 0.648. The summed E-state index contributed by atoms with van der Waals surface area (Å²) in [6.07, 6.45) is 2.24. The molecule has 2 N–H and O–H groups in total. The maximum Gasteiger partial charge on any atom is 0.232 e. The zero-order chi connectivity index (χ0) is 12.3. The van der Waals surface area contributed by atoms with Crippen molar-refractivity contribution >= 4 is 35.0 Å².